The first-order valence-electron chi connectivity index (χ1n) is 16.4. The fourth-order valence-electron chi connectivity index (χ4n) is 5.57. The van der Waals surface area contributed by atoms with Crippen LogP contribution in [0.1, 0.15) is 0 Å². The van der Waals surface area contributed by atoms with E-state index in [2.05, 4.69) is 151 Å². The van der Waals surface area contributed by atoms with Crippen LogP contribution in [0, 0.1) is 0 Å². The van der Waals surface area contributed by atoms with E-state index in [0.29, 0.717) is 17.2 Å². The minimum absolute atomic E-state index is 0.517. The molecule has 4 rings (SSSR count). The van der Waals surface area contributed by atoms with Crippen LogP contribution in [0.3, 0.4) is 0 Å². The molecule has 0 saturated carbocycles. The van der Waals surface area contributed by atoms with Crippen molar-refractivity contribution in [1.82, 2.24) is 0 Å². The van der Waals surface area contributed by atoms with Crippen molar-refractivity contribution in [3.05, 3.63) is 72.8 Å². The van der Waals surface area contributed by atoms with Crippen LogP contribution in [0.5, 0.6) is 11.5 Å². The van der Waals surface area contributed by atoms with Crippen molar-refractivity contribution in [2.75, 3.05) is 14.2 Å². The Morgan fingerprint density at radius 2 is 0.696 bits per heavy atom. The summed E-state index contributed by atoms with van der Waals surface area (Å²) in [5.74, 6) is 1.82. The molecule has 2 atom stereocenters. The molecule has 0 aromatic heterocycles. The summed E-state index contributed by atoms with van der Waals surface area (Å²) in [6.07, 6.45) is 0. The summed E-state index contributed by atoms with van der Waals surface area (Å²) in [6.45, 7) is 29.6. The lowest BCUT2D eigenvalue weighted by molar-refractivity contribution is 0.411. The van der Waals surface area contributed by atoms with E-state index in [9.17, 15) is 0 Å². The molecule has 0 fully saturated rings. The summed E-state index contributed by atoms with van der Waals surface area (Å²) in [6, 6.07) is 28.2. The second-order valence-corrected chi connectivity index (χ2v) is 39.7. The molecule has 0 heterocycles. The molecule has 0 amide bonds. The second kappa shape index (κ2) is 14.0. The molecule has 0 saturated heterocycles. The molecule has 246 valence electrons. The second-order valence-electron chi connectivity index (χ2n) is 16.6. The molecule has 4 aromatic carbocycles. The van der Waals surface area contributed by atoms with Crippen LogP contribution >= 0.6 is 17.2 Å². The highest BCUT2D eigenvalue weighted by Gasteiger charge is 2.26. The SMILES string of the molecule is COc1cccc(Pc2cc([Si](C)(C)C)cc([Si](C)(C)C)c2)c1-c1c(OC)cccc1Pc1cc([Si](C)(C)C)cc([Si](C)(C)C)c1. The van der Waals surface area contributed by atoms with Crippen LogP contribution in [0.25, 0.3) is 11.1 Å². The van der Waals surface area contributed by atoms with Gasteiger partial charge in [0, 0.05) is 11.1 Å². The third-order valence-corrected chi connectivity index (χ3v) is 19.2. The molecule has 0 spiro atoms. The Hall–Kier alpha value is -1.79. The summed E-state index contributed by atoms with van der Waals surface area (Å²) in [5.41, 5.74) is 2.34. The molecule has 0 aliphatic rings. The van der Waals surface area contributed by atoms with Gasteiger partial charge in [-0.2, -0.15) is 0 Å². The van der Waals surface area contributed by atoms with Gasteiger partial charge >= 0.3 is 0 Å². The fourth-order valence-corrected chi connectivity index (χ4v) is 13.8. The van der Waals surface area contributed by atoms with E-state index >= 15 is 0 Å². The molecule has 2 nitrogen and oxygen atoms in total. The molecular formula is C38H56O2P2Si4. The van der Waals surface area contributed by atoms with Crippen LogP contribution in [-0.4, -0.2) is 46.5 Å². The quantitative estimate of drug-likeness (QED) is 0.125. The van der Waals surface area contributed by atoms with Gasteiger partial charge in [0.05, 0.1) is 46.5 Å². The zero-order valence-corrected chi connectivity index (χ0v) is 36.7. The number of methoxy groups -OCH3 is 2. The third-order valence-electron chi connectivity index (χ3n) is 8.63. The van der Waals surface area contributed by atoms with Gasteiger partial charge in [-0.05, 0) is 33.4 Å². The first-order chi connectivity index (χ1) is 21.2. The first-order valence-corrected chi connectivity index (χ1v) is 32.4. The van der Waals surface area contributed by atoms with Gasteiger partial charge in [0.15, 0.2) is 0 Å². The number of ether oxygens (including phenoxy) is 2. The van der Waals surface area contributed by atoms with Crippen LogP contribution in [0.15, 0.2) is 72.8 Å². The van der Waals surface area contributed by atoms with Gasteiger partial charge in [-0.1, -0.05) is 177 Å². The lowest BCUT2D eigenvalue weighted by Gasteiger charge is -2.25. The van der Waals surface area contributed by atoms with Crippen molar-refractivity contribution in [3.8, 4) is 22.6 Å². The molecule has 4 aromatic rings. The highest BCUT2D eigenvalue weighted by Crippen LogP contribution is 2.39. The zero-order chi connectivity index (χ0) is 34.2. The Bertz CT molecular complexity index is 1520. The molecule has 0 aliphatic heterocycles. The van der Waals surface area contributed by atoms with Crippen molar-refractivity contribution in [1.29, 1.82) is 0 Å². The summed E-state index contributed by atoms with van der Waals surface area (Å²) < 4.78 is 12.3. The minimum Gasteiger partial charge on any atom is -0.496 e. The third kappa shape index (κ3) is 8.81. The smallest absolute Gasteiger partial charge is 0.127 e. The maximum Gasteiger partial charge on any atom is 0.127 e. The fraction of sp³-hybridized carbons (Fsp3) is 0.368. The highest BCUT2D eigenvalue weighted by molar-refractivity contribution is 7.56. The van der Waals surface area contributed by atoms with E-state index in [1.165, 1.54) is 32.3 Å². The maximum absolute atomic E-state index is 6.14. The first kappa shape index (κ1) is 37.0. The van der Waals surface area contributed by atoms with Crippen molar-refractivity contribution in [2.45, 2.75) is 78.6 Å². The summed E-state index contributed by atoms with van der Waals surface area (Å²) in [5, 5.41) is 11.7. The van der Waals surface area contributed by atoms with Crippen LogP contribution in [-0.2, 0) is 0 Å². The van der Waals surface area contributed by atoms with Crippen molar-refractivity contribution >= 4 is 91.4 Å². The Labute approximate surface area is 287 Å². The Kier molecular flexibility index (Phi) is 11.3. The molecule has 46 heavy (non-hydrogen) atoms. The van der Waals surface area contributed by atoms with Gasteiger partial charge < -0.3 is 9.47 Å². The number of rotatable bonds is 11. The number of benzene rings is 4. The molecule has 0 N–H and O–H groups in total. The van der Waals surface area contributed by atoms with Gasteiger partial charge in [0.1, 0.15) is 11.5 Å². The largest absolute Gasteiger partial charge is 0.496 e. The predicted molar refractivity (Wildman–Crippen MR) is 225 cm³/mol. The normalized spacial score (nSPS) is 13.3. The summed E-state index contributed by atoms with van der Waals surface area (Å²) in [7, 11) is -1.37. The monoisotopic (exact) mass is 718 g/mol. The average Bonchev–Trinajstić information content (AvgIpc) is 2.95. The molecule has 0 radical (unpaired) electrons. The Morgan fingerprint density at radius 1 is 0.413 bits per heavy atom. The average molecular weight is 719 g/mol. The minimum atomic E-state index is -1.50. The maximum atomic E-state index is 6.14. The predicted octanol–water partition coefficient (Wildman–Crippen LogP) is 6.81. The lowest BCUT2D eigenvalue weighted by atomic mass is 10.0. The van der Waals surface area contributed by atoms with E-state index < -0.39 is 32.3 Å². The van der Waals surface area contributed by atoms with E-state index in [1.807, 2.05) is 0 Å². The number of hydrogen-bond acceptors (Lipinski definition) is 2. The van der Waals surface area contributed by atoms with Gasteiger partial charge in [-0.25, -0.2) is 0 Å². The van der Waals surface area contributed by atoms with Gasteiger partial charge in [0.2, 0.25) is 0 Å². The van der Waals surface area contributed by atoms with Crippen molar-refractivity contribution in [3.63, 3.8) is 0 Å². The molecule has 0 aliphatic carbocycles. The Balaban J connectivity index is 1.94. The molecule has 8 heteroatoms. The van der Waals surface area contributed by atoms with E-state index in [-0.39, 0.29) is 0 Å². The van der Waals surface area contributed by atoms with Crippen molar-refractivity contribution < 1.29 is 9.47 Å². The van der Waals surface area contributed by atoms with Gasteiger partial charge in [-0.15, -0.1) is 0 Å². The van der Waals surface area contributed by atoms with E-state index in [4.69, 9.17) is 9.47 Å². The van der Waals surface area contributed by atoms with Gasteiger partial charge in [0.25, 0.3) is 0 Å². The number of hydrogen-bond donors (Lipinski definition) is 0. The van der Waals surface area contributed by atoms with Gasteiger partial charge in [-0.3, -0.25) is 0 Å². The highest BCUT2D eigenvalue weighted by atomic mass is 31.1. The van der Waals surface area contributed by atoms with Crippen LogP contribution < -0.4 is 51.4 Å². The molecule has 0 bridgehead atoms. The summed E-state index contributed by atoms with van der Waals surface area (Å²) >= 11 is 0. The molecular weight excluding hydrogens is 663 g/mol. The lowest BCUT2D eigenvalue weighted by Crippen LogP contribution is -2.47. The molecule has 2 unspecified atom stereocenters. The van der Waals surface area contributed by atoms with Crippen LogP contribution in [0.2, 0.25) is 78.6 Å². The van der Waals surface area contributed by atoms with E-state index in [1.54, 1.807) is 35.0 Å². The van der Waals surface area contributed by atoms with Crippen molar-refractivity contribution in [2.24, 2.45) is 0 Å². The van der Waals surface area contributed by atoms with Crippen LogP contribution in [0.4, 0.5) is 0 Å². The Morgan fingerprint density at radius 3 is 0.935 bits per heavy atom. The van der Waals surface area contributed by atoms with E-state index in [0.717, 1.165) is 11.5 Å². The summed E-state index contributed by atoms with van der Waals surface area (Å²) in [4.78, 5) is 0. The standard InChI is InChI=1S/C38H56O2P2Si4/c1-39-33-17-15-19-35(41-27-21-29(43(3,4)5)25-30(22-27)44(6,7)8)37(33)38-34(40-2)18-16-20-36(38)42-28-23-31(45(9,10)11)26-32(24-28)46(12,13)14/h15-26,41-42H,1-14H3. The zero-order valence-electron chi connectivity index (χ0n) is 30.7. The topological polar surface area (TPSA) is 18.5 Å².